The van der Waals surface area contributed by atoms with Crippen molar-refractivity contribution in [2.75, 3.05) is 32.0 Å². The Labute approximate surface area is 123 Å². The molecule has 1 heterocycles. The summed E-state index contributed by atoms with van der Waals surface area (Å²) in [4.78, 5) is 0. The highest BCUT2D eigenvalue weighted by Gasteiger charge is 2.34. The second-order valence-corrected chi connectivity index (χ2v) is 8.94. The van der Waals surface area contributed by atoms with E-state index in [2.05, 4.69) is 54.8 Å². The first-order valence-corrected chi connectivity index (χ1v) is 7.46. The molecule has 1 aliphatic rings. The lowest BCUT2D eigenvalue weighted by Gasteiger charge is -2.41. The highest BCUT2D eigenvalue weighted by molar-refractivity contribution is 9.26. The summed E-state index contributed by atoms with van der Waals surface area (Å²) in [5, 5.41) is 0.952. The fraction of sp³-hybridized carbons (Fsp3) is 1.00. The molecule has 5 heteroatoms. The van der Waals surface area contributed by atoms with Crippen LogP contribution in [0.1, 0.15) is 19.3 Å². The minimum absolute atomic E-state index is 0. The molecule has 0 unspecified atom stereocenters. The van der Waals surface area contributed by atoms with Crippen LogP contribution in [0.3, 0.4) is 0 Å². The van der Waals surface area contributed by atoms with Crippen LogP contribution in [0.5, 0.6) is 0 Å². The van der Waals surface area contributed by atoms with E-state index >= 15 is 0 Å². The summed E-state index contributed by atoms with van der Waals surface area (Å²) in [6.07, 6.45) is 4.18. The van der Waals surface area contributed by atoms with Crippen LogP contribution in [0.2, 0.25) is 0 Å². The van der Waals surface area contributed by atoms with Gasteiger partial charge in [0.25, 0.3) is 0 Å². The van der Waals surface area contributed by atoms with Crippen LogP contribution in [0, 0.1) is 0 Å². The fourth-order valence-corrected chi connectivity index (χ4v) is 3.42. The normalized spacial score (nSPS) is 21.4. The van der Waals surface area contributed by atoms with Gasteiger partial charge in [-0.15, -0.1) is 0 Å². The maximum atomic E-state index is 3.71. The van der Waals surface area contributed by atoms with E-state index in [1.807, 2.05) is 0 Å². The van der Waals surface area contributed by atoms with Gasteiger partial charge in [0.15, 0.2) is 0 Å². The average Bonchev–Trinajstić information content (AvgIpc) is 2.04. The molecule has 1 aliphatic heterocycles. The van der Waals surface area contributed by atoms with Crippen molar-refractivity contribution in [1.29, 1.82) is 0 Å². The third kappa shape index (κ3) is 5.28. The molecule has 0 bridgehead atoms. The number of alkyl halides is 3. The Morgan fingerprint density at radius 1 is 1.14 bits per heavy atom. The molecular weight excluding hydrogens is 442 g/mol. The van der Waals surface area contributed by atoms with E-state index in [1.165, 1.54) is 36.8 Å². The molecule has 0 atom stereocenters. The number of nitrogens with zero attached hydrogens (tertiary/aromatic N) is 1. The molecule has 0 aromatic carbocycles. The summed E-state index contributed by atoms with van der Waals surface area (Å²) in [6.45, 7) is 3.80. The average molecular weight is 459 g/mol. The van der Waals surface area contributed by atoms with E-state index in [1.54, 1.807) is 0 Å². The summed E-state index contributed by atoms with van der Waals surface area (Å²) >= 11 is 10.9. The van der Waals surface area contributed by atoms with E-state index in [9.17, 15) is 0 Å². The number of rotatable bonds is 3. The Morgan fingerprint density at radius 2 is 1.64 bits per heavy atom. The minimum atomic E-state index is 0. The molecule has 1 fully saturated rings. The maximum Gasteiger partial charge on any atom is 0.139 e. The number of hydrogen-bond acceptors (Lipinski definition) is 0. The lowest BCUT2D eigenvalue weighted by molar-refractivity contribution is -0.913. The number of hydrogen-bond donors (Lipinski definition) is 0. The zero-order valence-electron chi connectivity index (χ0n) is 8.41. The van der Waals surface area contributed by atoms with Crippen LogP contribution in [-0.4, -0.2) is 39.7 Å². The first kappa shape index (κ1) is 15.9. The van der Waals surface area contributed by atoms with E-state index < -0.39 is 0 Å². The monoisotopic (exact) mass is 455 g/mol. The summed E-state index contributed by atoms with van der Waals surface area (Å²) in [7, 11) is 2.36. The van der Waals surface area contributed by atoms with Gasteiger partial charge in [-0.05, 0) is 19.3 Å². The molecule has 14 heavy (non-hydrogen) atoms. The smallest absolute Gasteiger partial charge is 0.139 e. The predicted octanol–water partition coefficient (Wildman–Crippen LogP) is 0.502. The molecule has 86 valence electrons. The summed E-state index contributed by atoms with van der Waals surface area (Å²) in [6, 6.07) is 0. The van der Waals surface area contributed by atoms with Crippen LogP contribution in [0.25, 0.3) is 0 Å². The molecule has 0 N–H and O–H groups in total. The predicted molar refractivity (Wildman–Crippen MR) is 69.0 cm³/mol. The molecule has 0 aliphatic carbocycles. The lowest BCUT2D eigenvalue weighted by Crippen LogP contribution is -3.00. The van der Waals surface area contributed by atoms with E-state index in [4.69, 9.17) is 0 Å². The second kappa shape index (κ2) is 6.58. The first-order chi connectivity index (χ1) is 5.97. The molecule has 1 saturated heterocycles. The molecule has 1 nitrogen and oxygen atoms in total. The Bertz CT molecular complexity index is 166. The van der Waals surface area contributed by atoms with E-state index in [0.29, 0.717) is 0 Å². The van der Waals surface area contributed by atoms with Crippen molar-refractivity contribution in [2.45, 2.75) is 22.5 Å². The van der Waals surface area contributed by atoms with Crippen LogP contribution in [-0.2, 0) is 0 Å². The first-order valence-electron chi connectivity index (χ1n) is 4.75. The highest BCUT2D eigenvalue weighted by Crippen LogP contribution is 2.32. The topological polar surface area (TPSA) is 0 Å². The van der Waals surface area contributed by atoms with Crippen molar-refractivity contribution in [1.82, 2.24) is 0 Å². The SMILES string of the molecule is C[N+]1(CC(Br)(Br)CBr)CCCCC1.[Br-]. The molecule has 0 aromatic rings. The van der Waals surface area contributed by atoms with Crippen molar-refractivity contribution in [2.24, 2.45) is 0 Å². The Hall–Kier alpha value is 1.88. The van der Waals surface area contributed by atoms with Crippen LogP contribution >= 0.6 is 47.8 Å². The van der Waals surface area contributed by atoms with Crippen molar-refractivity contribution < 1.29 is 21.5 Å². The standard InChI is InChI=1S/C9H17Br3N.BrH/c1-13(5-3-2-4-6-13)8-9(11,12)7-10;/h2-8H2,1H3;1H/q+1;/p-1. The number of likely N-dealkylation sites (tertiary alicyclic amines) is 1. The summed E-state index contributed by atoms with van der Waals surface area (Å²) in [5.74, 6) is 0. The fourth-order valence-electron chi connectivity index (χ4n) is 2.03. The number of piperidine rings is 1. The van der Waals surface area contributed by atoms with Gasteiger partial charge in [-0.1, -0.05) is 47.8 Å². The van der Waals surface area contributed by atoms with Crippen molar-refractivity contribution in [3.05, 3.63) is 0 Å². The molecular formula is C9H17Br4N. The van der Waals surface area contributed by atoms with E-state index in [-0.39, 0.29) is 20.2 Å². The van der Waals surface area contributed by atoms with Gasteiger partial charge < -0.3 is 21.5 Å². The quantitative estimate of drug-likeness (QED) is 0.427. The molecule has 0 radical (unpaired) electrons. The number of quaternary nitrogens is 1. The van der Waals surface area contributed by atoms with Gasteiger partial charge in [0.05, 0.1) is 20.1 Å². The van der Waals surface area contributed by atoms with Gasteiger partial charge in [-0.2, -0.15) is 0 Å². The zero-order chi connectivity index (χ0) is 9.95. The Kier molecular flexibility index (Phi) is 7.46. The zero-order valence-corrected chi connectivity index (χ0v) is 14.8. The molecule has 1 rings (SSSR count). The van der Waals surface area contributed by atoms with Crippen LogP contribution < -0.4 is 17.0 Å². The second-order valence-electron chi connectivity index (χ2n) is 4.28. The van der Waals surface area contributed by atoms with Crippen LogP contribution in [0.15, 0.2) is 0 Å². The molecule has 0 spiro atoms. The van der Waals surface area contributed by atoms with Gasteiger partial charge in [-0.3, -0.25) is 0 Å². The Morgan fingerprint density at radius 3 is 2.07 bits per heavy atom. The van der Waals surface area contributed by atoms with Crippen LogP contribution in [0.4, 0.5) is 0 Å². The van der Waals surface area contributed by atoms with Gasteiger partial charge >= 0.3 is 0 Å². The van der Waals surface area contributed by atoms with Gasteiger partial charge in [0, 0.05) is 5.33 Å². The van der Waals surface area contributed by atoms with Crippen molar-refractivity contribution in [3.63, 3.8) is 0 Å². The number of halogens is 4. The third-order valence-corrected chi connectivity index (χ3v) is 6.23. The Balaban J connectivity index is 0.00000169. The summed E-state index contributed by atoms with van der Waals surface area (Å²) in [5.41, 5.74) is 0. The van der Waals surface area contributed by atoms with Crippen molar-refractivity contribution >= 4 is 47.8 Å². The summed E-state index contributed by atoms with van der Waals surface area (Å²) < 4.78 is 1.27. The van der Waals surface area contributed by atoms with E-state index in [0.717, 1.165) is 11.9 Å². The highest BCUT2D eigenvalue weighted by atomic mass is 79.9. The van der Waals surface area contributed by atoms with Gasteiger partial charge in [0.1, 0.15) is 9.78 Å². The molecule has 0 saturated carbocycles. The van der Waals surface area contributed by atoms with Gasteiger partial charge in [0.2, 0.25) is 0 Å². The van der Waals surface area contributed by atoms with Gasteiger partial charge in [-0.25, -0.2) is 0 Å². The van der Waals surface area contributed by atoms with Crippen molar-refractivity contribution in [3.8, 4) is 0 Å². The largest absolute Gasteiger partial charge is 1.00 e. The lowest BCUT2D eigenvalue weighted by atomic mass is 10.1. The minimum Gasteiger partial charge on any atom is -1.00 e. The third-order valence-electron chi connectivity index (χ3n) is 2.70. The molecule has 0 aromatic heterocycles. The molecule has 0 amide bonds. The maximum absolute atomic E-state index is 3.71.